The van der Waals surface area contributed by atoms with Gasteiger partial charge in [-0.2, -0.15) is 10.5 Å². The fourth-order valence-electron chi connectivity index (χ4n) is 3.76. The number of anilines is 1. The van der Waals surface area contributed by atoms with E-state index in [-0.39, 0.29) is 12.2 Å². The van der Waals surface area contributed by atoms with Crippen LogP contribution in [0.5, 0.6) is 17.2 Å². The van der Waals surface area contributed by atoms with Gasteiger partial charge in [-0.15, -0.1) is 0 Å². The first-order chi connectivity index (χ1) is 19.5. The second-order valence-corrected chi connectivity index (χ2v) is 9.68. The molecule has 40 heavy (non-hydrogen) atoms. The van der Waals surface area contributed by atoms with E-state index in [2.05, 4.69) is 34.0 Å². The molecule has 0 saturated heterocycles. The number of benzene rings is 4. The van der Waals surface area contributed by atoms with Crippen molar-refractivity contribution in [3.8, 4) is 29.4 Å². The van der Waals surface area contributed by atoms with Crippen molar-refractivity contribution in [3.05, 3.63) is 122 Å². The Hall–Kier alpha value is -4.80. The number of halogens is 1. The van der Waals surface area contributed by atoms with Gasteiger partial charge >= 0.3 is 0 Å². The third-order valence-corrected chi connectivity index (χ3v) is 6.60. The summed E-state index contributed by atoms with van der Waals surface area (Å²) in [7, 11) is 1.51. The summed E-state index contributed by atoms with van der Waals surface area (Å²) in [4.78, 5) is 12.9. The molecule has 198 valence electrons. The molecule has 0 aromatic heterocycles. The molecular weight excluding hydrogens is 617 g/mol. The van der Waals surface area contributed by atoms with Crippen LogP contribution in [0.15, 0.2) is 96.6 Å². The molecule has 0 fully saturated rings. The van der Waals surface area contributed by atoms with Crippen LogP contribution in [0.2, 0.25) is 0 Å². The van der Waals surface area contributed by atoms with Gasteiger partial charge in [0.15, 0.2) is 11.5 Å². The van der Waals surface area contributed by atoms with E-state index >= 15 is 0 Å². The summed E-state index contributed by atoms with van der Waals surface area (Å²) in [5, 5.41) is 21.8. The van der Waals surface area contributed by atoms with Crippen LogP contribution in [0.25, 0.3) is 6.08 Å². The first-order valence-electron chi connectivity index (χ1n) is 12.2. The smallest absolute Gasteiger partial charge is 0.266 e. The molecule has 0 unspecified atom stereocenters. The minimum Gasteiger partial charge on any atom is -0.493 e. The van der Waals surface area contributed by atoms with Crippen LogP contribution < -0.4 is 19.5 Å². The fraction of sp³-hybridized carbons (Fsp3) is 0.0938. The van der Waals surface area contributed by atoms with Gasteiger partial charge in [0.25, 0.3) is 5.91 Å². The zero-order valence-corrected chi connectivity index (χ0v) is 23.7. The number of hydrogen-bond acceptors (Lipinski definition) is 6. The number of carbonyl (C=O) groups excluding carboxylic acids is 1. The number of methoxy groups -OCH3 is 1. The van der Waals surface area contributed by atoms with Crippen LogP contribution in [-0.4, -0.2) is 13.0 Å². The molecule has 1 amide bonds. The molecule has 0 aliphatic carbocycles. The molecule has 0 atom stereocenters. The van der Waals surface area contributed by atoms with Crippen LogP contribution in [-0.2, 0) is 18.0 Å². The standard InChI is InChI=1S/C32H24IN3O4/c1-38-30-17-23(16-29(33)31(30)40-21-25-10-6-5-9-24(25)18-34)15-26(19-35)32(37)36-27-11-13-28(14-12-27)39-20-22-7-3-2-4-8-22/h2-17H,20-21H2,1H3,(H,36,37)/b26-15+. The number of nitriles is 2. The minimum absolute atomic E-state index is 0.0705. The maximum Gasteiger partial charge on any atom is 0.266 e. The maximum absolute atomic E-state index is 12.9. The molecular formula is C32H24IN3O4. The van der Waals surface area contributed by atoms with E-state index < -0.39 is 5.91 Å². The molecule has 0 aliphatic heterocycles. The topological polar surface area (TPSA) is 104 Å². The Kier molecular flexibility index (Phi) is 9.76. The number of rotatable bonds is 10. The monoisotopic (exact) mass is 641 g/mol. The van der Waals surface area contributed by atoms with Crippen molar-refractivity contribution >= 4 is 40.3 Å². The molecule has 7 nitrogen and oxygen atoms in total. The van der Waals surface area contributed by atoms with Crippen LogP contribution in [0, 0.1) is 26.2 Å². The van der Waals surface area contributed by atoms with Crippen molar-refractivity contribution in [3.63, 3.8) is 0 Å². The molecule has 0 aliphatic rings. The summed E-state index contributed by atoms with van der Waals surface area (Å²) < 4.78 is 18.0. The van der Waals surface area contributed by atoms with Gasteiger partial charge in [0.1, 0.15) is 30.6 Å². The quantitative estimate of drug-likeness (QED) is 0.115. The van der Waals surface area contributed by atoms with Crippen molar-refractivity contribution in [2.24, 2.45) is 0 Å². The zero-order valence-electron chi connectivity index (χ0n) is 21.6. The molecule has 1 N–H and O–H groups in total. The van der Waals surface area contributed by atoms with Gasteiger partial charge < -0.3 is 19.5 Å². The van der Waals surface area contributed by atoms with E-state index in [0.29, 0.717) is 40.7 Å². The number of amides is 1. The van der Waals surface area contributed by atoms with E-state index in [0.717, 1.165) is 14.7 Å². The van der Waals surface area contributed by atoms with Gasteiger partial charge in [-0.3, -0.25) is 4.79 Å². The molecule has 0 heterocycles. The Balaban J connectivity index is 1.44. The Morgan fingerprint density at radius 1 is 0.925 bits per heavy atom. The summed E-state index contributed by atoms with van der Waals surface area (Å²) in [6.07, 6.45) is 1.49. The van der Waals surface area contributed by atoms with Crippen molar-refractivity contribution in [1.29, 1.82) is 10.5 Å². The van der Waals surface area contributed by atoms with Crippen molar-refractivity contribution in [1.82, 2.24) is 0 Å². The number of hydrogen-bond donors (Lipinski definition) is 1. The van der Waals surface area contributed by atoms with E-state index in [1.165, 1.54) is 13.2 Å². The van der Waals surface area contributed by atoms with Gasteiger partial charge in [-0.1, -0.05) is 48.5 Å². The lowest BCUT2D eigenvalue weighted by molar-refractivity contribution is -0.112. The van der Waals surface area contributed by atoms with E-state index in [1.54, 1.807) is 48.5 Å². The number of nitrogens with one attached hydrogen (secondary N) is 1. The number of carbonyl (C=O) groups is 1. The second-order valence-electron chi connectivity index (χ2n) is 8.51. The first kappa shape index (κ1) is 28.2. The highest BCUT2D eigenvalue weighted by molar-refractivity contribution is 14.1. The summed E-state index contributed by atoms with van der Waals surface area (Å²) >= 11 is 2.11. The zero-order chi connectivity index (χ0) is 28.3. The molecule has 8 heteroatoms. The fourth-order valence-corrected chi connectivity index (χ4v) is 4.54. The van der Waals surface area contributed by atoms with Gasteiger partial charge in [0.2, 0.25) is 0 Å². The predicted molar refractivity (Wildman–Crippen MR) is 161 cm³/mol. The lowest BCUT2D eigenvalue weighted by Crippen LogP contribution is -2.13. The van der Waals surface area contributed by atoms with Gasteiger partial charge in [-0.05, 0) is 82.3 Å². The summed E-state index contributed by atoms with van der Waals surface area (Å²) in [5.41, 5.74) is 3.41. The van der Waals surface area contributed by atoms with Crippen molar-refractivity contribution < 1.29 is 19.0 Å². The lowest BCUT2D eigenvalue weighted by Gasteiger charge is -2.14. The second kappa shape index (κ2) is 13.8. The van der Waals surface area contributed by atoms with Gasteiger partial charge in [0, 0.05) is 11.3 Å². The molecule has 0 radical (unpaired) electrons. The molecule has 0 bridgehead atoms. The molecule has 0 saturated carbocycles. The maximum atomic E-state index is 12.9. The van der Waals surface area contributed by atoms with Crippen LogP contribution in [0.4, 0.5) is 5.69 Å². The first-order valence-corrected chi connectivity index (χ1v) is 13.3. The Morgan fingerprint density at radius 2 is 1.65 bits per heavy atom. The summed E-state index contributed by atoms with van der Waals surface area (Å²) in [6.45, 7) is 0.625. The van der Waals surface area contributed by atoms with Crippen LogP contribution >= 0.6 is 22.6 Å². The average Bonchev–Trinajstić information content (AvgIpc) is 2.99. The summed E-state index contributed by atoms with van der Waals surface area (Å²) in [6, 6.07) is 31.6. The third kappa shape index (κ3) is 7.40. The van der Waals surface area contributed by atoms with Crippen LogP contribution in [0.3, 0.4) is 0 Å². The highest BCUT2D eigenvalue weighted by atomic mass is 127. The van der Waals surface area contributed by atoms with Gasteiger partial charge in [-0.25, -0.2) is 0 Å². The SMILES string of the molecule is COc1cc(/C=C(\C#N)C(=O)Nc2ccc(OCc3ccccc3)cc2)cc(I)c1OCc1ccccc1C#N. The Bertz CT molecular complexity index is 1600. The van der Waals surface area contributed by atoms with Gasteiger partial charge in [0.05, 0.1) is 22.3 Å². The largest absolute Gasteiger partial charge is 0.493 e. The van der Waals surface area contributed by atoms with Crippen LogP contribution in [0.1, 0.15) is 22.3 Å². The number of ether oxygens (including phenoxy) is 3. The molecule has 4 rings (SSSR count). The van der Waals surface area contributed by atoms with E-state index in [1.807, 2.05) is 48.5 Å². The number of nitrogens with zero attached hydrogens (tertiary/aromatic N) is 2. The van der Waals surface area contributed by atoms with Crippen molar-refractivity contribution in [2.45, 2.75) is 13.2 Å². The van der Waals surface area contributed by atoms with E-state index in [9.17, 15) is 15.3 Å². The normalized spacial score (nSPS) is 10.7. The highest BCUT2D eigenvalue weighted by Crippen LogP contribution is 2.35. The lowest BCUT2D eigenvalue weighted by atomic mass is 10.1. The summed E-state index contributed by atoms with van der Waals surface area (Å²) in [5.74, 6) is 1.07. The average molecular weight is 641 g/mol. The molecule has 4 aromatic rings. The minimum atomic E-state index is -0.539. The van der Waals surface area contributed by atoms with Crippen molar-refractivity contribution in [2.75, 3.05) is 12.4 Å². The molecule has 0 spiro atoms. The Morgan fingerprint density at radius 3 is 2.35 bits per heavy atom. The molecule has 4 aromatic carbocycles. The van der Waals surface area contributed by atoms with E-state index in [4.69, 9.17) is 14.2 Å². The predicted octanol–water partition coefficient (Wildman–Crippen LogP) is 6.88. The highest BCUT2D eigenvalue weighted by Gasteiger charge is 2.15. The Labute approximate surface area is 246 Å². The third-order valence-electron chi connectivity index (χ3n) is 5.80.